The van der Waals surface area contributed by atoms with Crippen molar-refractivity contribution in [3.8, 4) is 5.75 Å². The van der Waals surface area contributed by atoms with E-state index in [4.69, 9.17) is 21.1 Å². The van der Waals surface area contributed by atoms with E-state index in [0.29, 0.717) is 31.9 Å². The molecular formula is C21H27ClN2O5S. The maximum Gasteiger partial charge on any atom is 0.241 e. The zero-order valence-corrected chi connectivity index (χ0v) is 18.6. The molecule has 0 saturated heterocycles. The first-order valence-electron chi connectivity index (χ1n) is 9.62. The van der Waals surface area contributed by atoms with Crippen LogP contribution in [0.2, 0.25) is 5.02 Å². The predicted octanol–water partition coefficient (Wildman–Crippen LogP) is 2.78. The molecule has 0 bridgehead atoms. The molecule has 9 heteroatoms. The van der Waals surface area contributed by atoms with Crippen molar-refractivity contribution < 1.29 is 22.7 Å². The van der Waals surface area contributed by atoms with Crippen LogP contribution in [0, 0.1) is 0 Å². The zero-order chi connectivity index (χ0) is 22.0. The molecular weight excluding hydrogens is 428 g/mol. The van der Waals surface area contributed by atoms with E-state index in [-0.39, 0.29) is 16.3 Å². The molecule has 1 atom stereocenters. The van der Waals surface area contributed by atoms with Gasteiger partial charge in [0.25, 0.3) is 0 Å². The van der Waals surface area contributed by atoms with Gasteiger partial charge in [-0.15, -0.1) is 0 Å². The van der Waals surface area contributed by atoms with Gasteiger partial charge in [0.2, 0.25) is 15.9 Å². The summed E-state index contributed by atoms with van der Waals surface area (Å²) in [5.74, 6) is -0.00889. The van der Waals surface area contributed by atoms with E-state index >= 15 is 0 Å². The van der Waals surface area contributed by atoms with E-state index in [1.165, 1.54) is 18.2 Å². The highest BCUT2D eigenvalue weighted by molar-refractivity contribution is 7.89. The summed E-state index contributed by atoms with van der Waals surface area (Å²) in [6.45, 7) is 3.10. The number of sulfonamides is 1. The lowest BCUT2D eigenvalue weighted by Gasteiger charge is -2.19. The van der Waals surface area contributed by atoms with Crippen LogP contribution >= 0.6 is 11.6 Å². The maximum atomic E-state index is 12.9. The van der Waals surface area contributed by atoms with Crippen LogP contribution in [0.15, 0.2) is 53.4 Å². The Morgan fingerprint density at radius 2 is 1.90 bits per heavy atom. The summed E-state index contributed by atoms with van der Waals surface area (Å²) in [7, 11) is -2.41. The Morgan fingerprint density at radius 3 is 2.53 bits per heavy atom. The minimum absolute atomic E-state index is 0.0406. The van der Waals surface area contributed by atoms with Gasteiger partial charge in [-0.25, -0.2) is 8.42 Å². The van der Waals surface area contributed by atoms with Crippen LogP contribution in [0.1, 0.15) is 18.9 Å². The number of nitrogens with one attached hydrogen (secondary N) is 2. The van der Waals surface area contributed by atoms with Crippen LogP contribution in [0.5, 0.6) is 5.75 Å². The van der Waals surface area contributed by atoms with Crippen LogP contribution in [-0.4, -0.2) is 47.2 Å². The number of carbonyl (C=O) groups excluding carboxylic acids is 1. The molecule has 1 amide bonds. The number of ether oxygens (including phenoxy) is 2. The molecule has 0 spiro atoms. The molecule has 0 radical (unpaired) electrons. The first-order chi connectivity index (χ1) is 14.4. The highest BCUT2D eigenvalue weighted by Gasteiger charge is 2.26. The fraction of sp³-hybridized carbons (Fsp3) is 0.381. The fourth-order valence-corrected chi connectivity index (χ4v) is 4.29. The Bertz CT molecular complexity index is 922. The topological polar surface area (TPSA) is 93.7 Å². The summed E-state index contributed by atoms with van der Waals surface area (Å²) in [4.78, 5) is 12.7. The summed E-state index contributed by atoms with van der Waals surface area (Å²) in [6.07, 6.45) is 0.836. The number of carbonyl (C=O) groups is 1. The van der Waals surface area contributed by atoms with Crippen LogP contribution in [-0.2, 0) is 26.0 Å². The largest absolute Gasteiger partial charge is 0.492 e. The predicted molar refractivity (Wildman–Crippen MR) is 116 cm³/mol. The second-order valence-electron chi connectivity index (χ2n) is 6.53. The average molecular weight is 455 g/mol. The van der Waals surface area contributed by atoms with E-state index in [0.717, 1.165) is 5.56 Å². The second-order valence-corrected chi connectivity index (χ2v) is 8.65. The van der Waals surface area contributed by atoms with Crippen molar-refractivity contribution in [3.63, 3.8) is 0 Å². The van der Waals surface area contributed by atoms with Gasteiger partial charge < -0.3 is 14.8 Å². The van der Waals surface area contributed by atoms with E-state index in [1.54, 1.807) is 7.11 Å². The van der Waals surface area contributed by atoms with Crippen LogP contribution in [0.25, 0.3) is 0 Å². The zero-order valence-electron chi connectivity index (χ0n) is 17.1. The highest BCUT2D eigenvalue weighted by atomic mass is 35.5. The molecule has 0 aromatic heterocycles. The number of rotatable bonds is 12. The normalized spacial score (nSPS) is 12.4. The molecule has 2 aromatic carbocycles. The standard InChI is InChI=1S/C21H27ClN2O5S/c1-3-29-20-11-10-17(15-18(20)22)30(26,27)24-19(14-16-8-5-4-6-9-16)21(25)23-12-7-13-28-2/h4-6,8-11,15,19,24H,3,7,12-14H2,1-2H3,(H,23,25)/t19-/m1/s1. The minimum Gasteiger partial charge on any atom is -0.492 e. The Balaban J connectivity index is 2.20. The van der Waals surface area contributed by atoms with Gasteiger partial charge in [-0.2, -0.15) is 4.72 Å². The molecule has 164 valence electrons. The Labute approximate surface area is 182 Å². The summed E-state index contributed by atoms with van der Waals surface area (Å²) >= 11 is 6.13. The Kier molecular flexibility index (Phi) is 9.58. The van der Waals surface area contributed by atoms with Gasteiger partial charge in [0.05, 0.1) is 16.5 Å². The third kappa shape index (κ3) is 7.28. The lowest BCUT2D eigenvalue weighted by atomic mass is 10.1. The third-order valence-corrected chi connectivity index (χ3v) is 6.00. The fourth-order valence-electron chi connectivity index (χ4n) is 2.77. The monoisotopic (exact) mass is 454 g/mol. The second kappa shape index (κ2) is 11.9. The van der Waals surface area contributed by atoms with Crippen molar-refractivity contribution in [3.05, 3.63) is 59.1 Å². The van der Waals surface area contributed by atoms with Gasteiger partial charge in [-0.3, -0.25) is 4.79 Å². The molecule has 30 heavy (non-hydrogen) atoms. The molecule has 0 unspecified atom stereocenters. The van der Waals surface area contributed by atoms with Gasteiger partial charge in [0, 0.05) is 20.3 Å². The third-order valence-electron chi connectivity index (χ3n) is 4.23. The van der Waals surface area contributed by atoms with Crippen molar-refractivity contribution in [2.45, 2.75) is 30.7 Å². The SMILES string of the molecule is CCOc1ccc(S(=O)(=O)N[C@H](Cc2ccccc2)C(=O)NCCCOC)cc1Cl. The van der Waals surface area contributed by atoms with E-state index in [9.17, 15) is 13.2 Å². The highest BCUT2D eigenvalue weighted by Crippen LogP contribution is 2.27. The van der Waals surface area contributed by atoms with E-state index < -0.39 is 22.0 Å². The number of hydrogen-bond donors (Lipinski definition) is 2. The van der Waals surface area contributed by atoms with Crippen molar-refractivity contribution in [2.75, 3.05) is 26.9 Å². The molecule has 0 aliphatic carbocycles. The number of hydrogen-bond acceptors (Lipinski definition) is 5. The molecule has 2 aromatic rings. The Morgan fingerprint density at radius 1 is 1.17 bits per heavy atom. The molecule has 0 saturated carbocycles. The minimum atomic E-state index is -3.99. The molecule has 7 nitrogen and oxygen atoms in total. The lowest BCUT2D eigenvalue weighted by molar-refractivity contribution is -0.122. The molecule has 0 heterocycles. The van der Waals surface area contributed by atoms with Gasteiger partial charge in [0.1, 0.15) is 11.8 Å². The first-order valence-corrected chi connectivity index (χ1v) is 11.5. The number of benzene rings is 2. The summed E-state index contributed by atoms with van der Waals surface area (Å²) in [6, 6.07) is 12.4. The van der Waals surface area contributed by atoms with E-state index in [1.807, 2.05) is 37.3 Å². The van der Waals surface area contributed by atoms with Crippen molar-refractivity contribution >= 4 is 27.5 Å². The molecule has 2 N–H and O–H groups in total. The van der Waals surface area contributed by atoms with Gasteiger partial charge in [-0.05, 0) is 43.5 Å². The Hall–Kier alpha value is -2.13. The maximum absolute atomic E-state index is 12.9. The number of halogens is 1. The summed E-state index contributed by atoms with van der Waals surface area (Å²) in [5, 5.41) is 2.94. The van der Waals surface area contributed by atoms with Crippen molar-refractivity contribution in [2.24, 2.45) is 0 Å². The van der Waals surface area contributed by atoms with Gasteiger partial charge in [-0.1, -0.05) is 41.9 Å². The summed E-state index contributed by atoms with van der Waals surface area (Å²) in [5.41, 5.74) is 0.835. The van der Waals surface area contributed by atoms with Gasteiger partial charge in [0.15, 0.2) is 0 Å². The number of amides is 1. The molecule has 0 aliphatic heterocycles. The first kappa shape index (κ1) is 24.1. The van der Waals surface area contributed by atoms with E-state index in [2.05, 4.69) is 10.0 Å². The van der Waals surface area contributed by atoms with Crippen LogP contribution in [0.4, 0.5) is 0 Å². The van der Waals surface area contributed by atoms with Crippen molar-refractivity contribution in [1.82, 2.24) is 10.0 Å². The van der Waals surface area contributed by atoms with Crippen LogP contribution < -0.4 is 14.8 Å². The summed E-state index contributed by atoms with van der Waals surface area (Å²) < 4.78 is 38.7. The van der Waals surface area contributed by atoms with Crippen LogP contribution in [0.3, 0.4) is 0 Å². The van der Waals surface area contributed by atoms with Gasteiger partial charge >= 0.3 is 0 Å². The molecule has 0 aliphatic rings. The smallest absolute Gasteiger partial charge is 0.241 e. The van der Waals surface area contributed by atoms with Crippen molar-refractivity contribution in [1.29, 1.82) is 0 Å². The number of methoxy groups -OCH3 is 1. The molecule has 0 fully saturated rings. The molecule has 2 rings (SSSR count). The lowest BCUT2D eigenvalue weighted by Crippen LogP contribution is -2.48. The average Bonchev–Trinajstić information content (AvgIpc) is 2.72. The quantitative estimate of drug-likeness (QED) is 0.481.